The molecule has 0 unspecified atom stereocenters. The second-order valence-corrected chi connectivity index (χ2v) is 6.42. The molecule has 0 spiro atoms. The molecule has 1 saturated carbocycles. The molecule has 1 aliphatic carbocycles. The fourth-order valence-corrected chi connectivity index (χ4v) is 3.59. The fourth-order valence-electron chi connectivity index (χ4n) is 3.59. The maximum absolute atomic E-state index is 12.1. The maximum Gasteiger partial charge on any atom is 0.324 e. The summed E-state index contributed by atoms with van der Waals surface area (Å²) in [5.41, 5.74) is 0. The minimum atomic E-state index is -0.320. The molecule has 1 N–H and O–H groups in total. The van der Waals surface area contributed by atoms with Crippen LogP contribution in [0.2, 0.25) is 0 Å². The van der Waals surface area contributed by atoms with Gasteiger partial charge in [0.05, 0.1) is 12.6 Å². The van der Waals surface area contributed by atoms with E-state index in [9.17, 15) is 14.4 Å². The van der Waals surface area contributed by atoms with Gasteiger partial charge in [-0.2, -0.15) is 0 Å². The minimum Gasteiger partial charge on any atom is -0.338 e. The van der Waals surface area contributed by atoms with Crippen LogP contribution in [0.25, 0.3) is 0 Å². The Morgan fingerprint density at radius 2 is 1.86 bits per heavy atom. The van der Waals surface area contributed by atoms with Gasteiger partial charge >= 0.3 is 6.03 Å². The van der Waals surface area contributed by atoms with Crippen LogP contribution in [-0.2, 0) is 9.59 Å². The molecule has 3 fully saturated rings. The zero-order chi connectivity index (χ0) is 14.8. The Morgan fingerprint density at radius 1 is 1.14 bits per heavy atom. The summed E-state index contributed by atoms with van der Waals surface area (Å²) in [5, 5.41) is 2.51. The predicted molar refractivity (Wildman–Crippen MR) is 76.4 cm³/mol. The standard InChI is InChI=1S/C15H23N3O3/c19-13(7-6-11-4-2-1-3-5-11)17-9-12(10-17)18-14(20)8-16-15(18)21/h11-12H,1-10H2,(H,16,21). The summed E-state index contributed by atoms with van der Waals surface area (Å²) in [5.74, 6) is 0.703. The van der Waals surface area contributed by atoms with Crippen LogP contribution < -0.4 is 5.32 Å². The van der Waals surface area contributed by atoms with Crippen molar-refractivity contribution in [3.8, 4) is 0 Å². The van der Waals surface area contributed by atoms with Crippen LogP contribution in [0, 0.1) is 5.92 Å². The number of hydrogen-bond acceptors (Lipinski definition) is 3. The van der Waals surface area contributed by atoms with Gasteiger partial charge in [-0.1, -0.05) is 32.1 Å². The fraction of sp³-hybridized carbons (Fsp3) is 0.800. The molecule has 0 radical (unpaired) electrons. The van der Waals surface area contributed by atoms with Gasteiger partial charge in [0.15, 0.2) is 0 Å². The summed E-state index contributed by atoms with van der Waals surface area (Å²) >= 11 is 0. The van der Waals surface area contributed by atoms with Crippen LogP contribution in [0.15, 0.2) is 0 Å². The van der Waals surface area contributed by atoms with Crippen molar-refractivity contribution >= 4 is 17.8 Å². The third-order valence-corrected chi connectivity index (χ3v) is 4.95. The Hall–Kier alpha value is -1.59. The predicted octanol–water partition coefficient (Wildman–Crippen LogP) is 1.11. The Morgan fingerprint density at radius 3 is 2.48 bits per heavy atom. The summed E-state index contributed by atoms with van der Waals surface area (Å²) < 4.78 is 0. The molecule has 0 atom stereocenters. The molecule has 2 heterocycles. The van der Waals surface area contributed by atoms with Crippen molar-refractivity contribution in [1.82, 2.24) is 15.1 Å². The van der Waals surface area contributed by atoms with Gasteiger partial charge in [-0.15, -0.1) is 0 Å². The number of nitrogens with one attached hydrogen (secondary N) is 1. The molecular formula is C15H23N3O3. The number of carbonyl (C=O) groups is 3. The van der Waals surface area contributed by atoms with E-state index in [4.69, 9.17) is 0 Å². The van der Waals surface area contributed by atoms with Gasteiger partial charge in [-0.25, -0.2) is 4.79 Å². The van der Waals surface area contributed by atoms with E-state index < -0.39 is 0 Å². The average Bonchev–Trinajstić information content (AvgIpc) is 2.77. The summed E-state index contributed by atoms with van der Waals surface area (Å²) in [4.78, 5) is 38.2. The molecule has 2 aliphatic heterocycles. The quantitative estimate of drug-likeness (QED) is 0.789. The van der Waals surface area contributed by atoms with Crippen LogP contribution in [0.4, 0.5) is 4.79 Å². The zero-order valence-electron chi connectivity index (χ0n) is 12.3. The Labute approximate surface area is 124 Å². The Kier molecular flexibility index (Phi) is 4.12. The SMILES string of the molecule is O=C(CCC1CCCCC1)N1CC(N2C(=O)CNC2=O)C1. The molecule has 0 aromatic heterocycles. The highest BCUT2D eigenvalue weighted by molar-refractivity contribution is 6.02. The number of imide groups is 1. The van der Waals surface area contributed by atoms with Crippen LogP contribution in [0.5, 0.6) is 0 Å². The highest BCUT2D eigenvalue weighted by atomic mass is 16.2. The van der Waals surface area contributed by atoms with Gasteiger partial charge in [0, 0.05) is 19.5 Å². The van der Waals surface area contributed by atoms with Crippen molar-refractivity contribution in [3.63, 3.8) is 0 Å². The first-order valence-electron chi connectivity index (χ1n) is 8.03. The third kappa shape index (κ3) is 3.04. The van der Waals surface area contributed by atoms with Gasteiger partial charge < -0.3 is 10.2 Å². The number of rotatable bonds is 4. The van der Waals surface area contributed by atoms with Crippen molar-refractivity contribution in [1.29, 1.82) is 0 Å². The molecular weight excluding hydrogens is 270 g/mol. The zero-order valence-corrected chi connectivity index (χ0v) is 12.3. The molecule has 116 valence electrons. The molecule has 4 amide bonds. The Bertz CT molecular complexity index is 423. The lowest BCUT2D eigenvalue weighted by Gasteiger charge is -2.42. The molecule has 2 saturated heterocycles. The van der Waals surface area contributed by atoms with Crippen LogP contribution in [-0.4, -0.2) is 53.3 Å². The molecule has 0 bridgehead atoms. The topological polar surface area (TPSA) is 69.7 Å². The van der Waals surface area contributed by atoms with Crippen molar-refractivity contribution in [2.75, 3.05) is 19.6 Å². The van der Waals surface area contributed by atoms with Crippen LogP contribution in [0.1, 0.15) is 44.9 Å². The lowest BCUT2D eigenvalue weighted by Crippen LogP contribution is -2.62. The van der Waals surface area contributed by atoms with Crippen LogP contribution >= 0.6 is 0 Å². The normalized spacial score (nSPS) is 24.2. The monoisotopic (exact) mass is 293 g/mol. The van der Waals surface area contributed by atoms with Gasteiger partial charge in [0.2, 0.25) is 11.8 Å². The molecule has 0 aromatic rings. The summed E-state index contributed by atoms with van der Waals surface area (Å²) in [6, 6.07) is -0.446. The van der Waals surface area contributed by atoms with Gasteiger partial charge in [-0.3, -0.25) is 14.5 Å². The van der Waals surface area contributed by atoms with Gasteiger partial charge in [0.1, 0.15) is 0 Å². The maximum atomic E-state index is 12.1. The second-order valence-electron chi connectivity index (χ2n) is 6.42. The number of amides is 4. The first-order chi connectivity index (χ1) is 10.1. The minimum absolute atomic E-state index is 0.0883. The van der Waals surface area contributed by atoms with Crippen LogP contribution in [0.3, 0.4) is 0 Å². The lowest BCUT2D eigenvalue weighted by atomic mass is 9.86. The van der Waals surface area contributed by atoms with E-state index in [1.807, 2.05) is 0 Å². The van der Waals surface area contributed by atoms with E-state index in [1.165, 1.54) is 37.0 Å². The smallest absolute Gasteiger partial charge is 0.324 e. The number of urea groups is 1. The van der Waals surface area contributed by atoms with E-state index >= 15 is 0 Å². The molecule has 3 aliphatic rings. The molecule has 21 heavy (non-hydrogen) atoms. The molecule has 3 rings (SSSR count). The van der Waals surface area contributed by atoms with E-state index in [0.29, 0.717) is 25.4 Å². The first-order valence-corrected chi connectivity index (χ1v) is 8.03. The van der Waals surface area contributed by atoms with Crippen molar-refractivity contribution < 1.29 is 14.4 Å². The van der Waals surface area contributed by atoms with Gasteiger partial charge in [0.25, 0.3) is 0 Å². The molecule has 0 aromatic carbocycles. The summed E-state index contributed by atoms with van der Waals surface area (Å²) in [6.07, 6.45) is 8.06. The largest absolute Gasteiger partial charge is 0.338 e. The summed E-state index contributed by atoms with van der Waals surface area (Å²) in [6.45, 7) is 1.09. The molecule has 6 heteroatoms. The summed E-state index contributed by atoms with van der Waals surface area (Å²) in [7, 11) is 0. The average molecular weight is 293 g/mol. The first kappa shape index (κ1) is 14.4. The molecule has 6 nitrogen and oxygen atoms in total. The highest BCUT2D eigenvalue weighted by Gasteiger charge is 2.42. The second kappa shape index (κ2) is 6.03. The van der Waals surface area contributed by atoms with Crippen molar-refractivity contribution in [2.45, 2.75) is 51.0 Å². The number of hydrogen-bond donors (Lipinski definition) is 1. The van der Waals surface area contributed by atoms with E-state index in [0.717, 1.165) is 6.42 Å². The van der Waals surface area contributed by atoms with E-state index in [-0.39, 0.29) is 30.4 Å². The third-order valence-electron chi connectivity index (χ3n) is 4.95. The number of nitrogens with zero attached hydrogens (tertiary/aromatic N) is 2. The van der Waals surface area contributed by atoms with E-state index in [2.05, 4.69) is 5.32 Å². The number of likely N-dealkylation sites (tertiary alicyclic amines) is 1. The van der Waals surface area contributed by atoms with Gasteiger partial charge in [-0.05, 0) is 12.3 Å². The highest BCUT2D eigenvalue weighted by Crippen LogP contribution is 2.28. The lowest BCUT2D eigenvalue weighted by molar-refractivity contribution is -0.142. The Balaban J connectivity index is 1.40. The van der Waals surface area contributed by atoms with E-state index in [1.54, 1.807) is 4.90 Å². The number of carbonyl (C=O) groups excluding carboxylic acids is 3. The van der Waals surface area contributed by atoms with Crippen molar-refractivity contribution in [3.05, 3.63) is 0 Å². The van der Waals surface area contributed by atoms with Crippen molar-refractivity contribution in [2.24, 2.45) is 5.92 Å².